The van der Waals surface area contributed by atoms with Gasteiger partial charge in [0.25, 0.3) is 0 Å². The zero-order valence-corrected chi connectivity index (χ0v) is 13.8. The van der Waals surface area contributed by atoms with Crippen LogP contribution in [0.25, 0.3) is 0 Å². The van der Waals surface area contributed by atoms with Crippen molar-refractivity contribution < 1.29 is 4.74 Å². The van der Waals surface area contributed by atoms with Crippen molar-refractivity contribution in [3.05, 3.63) is 46.9 Å². The average molecular weight is 363 g/mol. The summed E-state index contributed by atoms with van der Waals surface area (Å²) in [6, 6.07) is 15.0. The van der Waals surface area contributed by atoms with Crippen LogP contribution in [0.3, 0.4) is 0 Å². The topological polar surface area (TPSA) is 24.5 Å². The summed E-state index contributed by atoms with van der Waals surface area (Å²) >= 11 is 5.15. The van der Waals surface area contributed by atoms with Crippen molar-refractivity contribution in [2.75, 3.05) is 11.6 Å². The van der Waals surface area contributed by atoms with E-state index in [2.05, 4.69) is 43.8 Å². The van der Waals surface area contributed by atoms with Crippen molar-refractivity contribution in [3.63, 3.8) is 0 Å². The molecule has 0 atom stereocenters. The Morgan fingerprint density at radius 1 is 1.14 bits per heavy atom. The van der Waals surface area contributed by atoms with Crippen LogP contribution in [0.4, 0.5) is 5.69 Å². The molecule has 0 amide bonds. The van der Waals surface area contributed by atoms with Crippen molar-refractivity contribution >= 4 is 33.6 Å². The third kappa shape index (κ3) is 2.91. The average Bonchev–Trinajstić information content (AvgIpc) is 3.31. The minimum atomic E-state index is 0.717. The molecule has 4 rings (SSSR count). The highest BCUT2D eigenvalue weighted by Crippen LogP contribution is 2.41. The summed E-state index contributed by atoms with van der Waals surface area (Å²) in [5.74, 6) is 1.72. The van der Waals surface area contributed by atoms with E-state index in [4.69, 9.17) is 4.74 Å². The van der Waals surface area contributed by atoms with E-state index in [0.29, 0.717) is 6.04 Å². The summed E-state index contributed by atoms with van der Waals surface area (Å²) in [5.41, 5.74) is 1.32. The normalized spacial score (nSPS) is 17.5. The lowest BCUT2D eigenvalue weighted by Gasteiger charge is -2.31. The van der Waals surface area contributed by atoms with Gasteiger partial charge in [-0.1, -0.05) is 22.0 Å². The number of anilines is 1. The molecule has 0 unspecified atom stereocenters. The first-order chi connectivity index (χ1) is 10.3. The van der Waals surface area contributed by atoms with Gasteiger partial charge in [0.15, 0.2) is 0 Å². The second-order valence-electron chi connectivity index (χ2n) is 5.29. The number of rotatable bonds is 3. The maximum Gasteiger partial charge on any atom is 0.128 e. The molecule has 0 saturated heterocycles. The maximum atomic E-state index is 5.95. The zero-order chi connectivity index (χ0) is 14.2. The van der Waals surface area contributed by atoms with E-state index in [-0.39, 0.29) is 0 Å². The SMILES string of the molecule is Brc1cccc(Oc2ccc3c(c2)SNCN3C2CC2)c1. The molecule has 2 aromatic carbocycles. The van der Waals surface area contributed by atoms with Crippen molar-refractivity contribution in [2.24, 2.45) is 0 Å². The van der Waals surface area contributed by atoms with Crippen LogP contribution in [0, 0.1) is 0 Å². The number of nitrogens with zero attached hydrogens (tertiary/aromatic N) is 1. The van der Waals surface area contributed by atoms with Gasteiger partial charge < -0.3 is 9.64 Å². The molecule has 0 aromatic heterocycles. The molecule has 1 N–H and O–H groups in total. The smallest absolute Gasteiger partial charge is 0.128 e. The van der Waals surface area contributed by atoms with Gasteiger partial charge in [-0.05, 0) is 61.2 Å². The van der Waals surface area contributed by atoms with Crippen LogP contribution < -0.4 is 14.4 Å². The minimum Gasteiger partial charge on any atom is -0.457 e. The van der Waals surface area contributed by atoms with Gasteiger partial charge in [0.1, 0.15) is 11.5 Å². The highest BCUT2D eigenvalue weighted by molar-refractivity contribution is 9.10. The van der Waals surface area contributed by atoms with Gasteiger partial charge in [-0.3, -0.25) is 0 Å². The van der Waals surface area contributed by atoms with E-state index in [1.807, 2.05) is 24.3 Å². The molecule has 108 valence electrons. The van der Waals surface area contributed by atoms with Crippen LogP contribution >= 0.6 is 27.9 Å². The predicted octanol–water partition coefficient (Wildman–Crippen LogP) is 4.78. The van der Waals surface area contributed by atoms with Crippen LogP contribution in [0.15, 0.2) is 51.8 Å². The summed E-state index contributed by atoms with van der Waals surface area (Å²) < 4.78 is 10.4. The molecule has 5 heteroatoms. The summed E-state index contributed by atoms with van der Waals surface area (Å²) in [7, 11) is 0. The molecule has 2 aliphatic rings. The molecule has 0 radical (unpaired) electrons. The Morgan fingerprint density at radius 2 is 2.00 bits per heavy atom. The molecule has 1 aliphatic heterocycles. The van der Waals surface area contributed by atoms with E-state index < -0.39 is 0 Å². The summed E-state index contributed by atoms with van der Waals surface area (Å²) in [6.07, 6.45) is 2.62. The first-order valence-electron chi connectivity index (χ1n) is 7.03. The van der Waals surface area contributed by atoms with Crippen molar-refractivity contribution in [2.45, 2.75) is 23.8 Å². The van der Waals surface area contributed by atoms with E-state index >= 15 is 0 Å². The van der Waals surface area contributed by atoms with E-state index in [1.165, 1.54) is 23.4 Å². The van der Waals surface area contributed by atoms with Gasteiger partial charge in [0.05, 0.1) is 12.4 Å². The van der Waals surface area contributed by atoms with Crippen LogP contribution in [0.5, 0.6) is 11.5 Å². The summed E-state index contributed by atoms with van der Waals surface area (Å²) in [4.78, 5) is 3.69. The summed E-state index contributed by atoms with van der Waals surface area (Å²) in [6.45, 7) is 0.925. The van der Waals surface area contributed by atoms with Crippen LogP contribution in [-0.4, -0.2) is 12.7 Å². The molecule has 1 heterocycles. The molecule has 1 saturated carbocycles. The number of fused-ring (bicyclic) bond motifs is 1. The van der Waals surface area contributed by atoms with Crippen LogP contribution in [0.2, 0.25) is 0 Å². The van der Waals surface area contributed by atoms with E-state index in [0.717, 1.165) is 22.6 Å². The van der Waals surface area contributed by atoms with Crippen molar-refractivity contribution in [1.29, 1.82) is 0 Å². The Labute approximate surface area is 136 Å². The monoisotopic (exact) mass is 362 g/mol. The molecule has 1 fully saturated rings. The van der Waals surface area contributed by atoms with Gasteiger partial charge in [0.2, 0.25) is 0 Å². The number of hydrogen-bond donors (Lipinski definition) is 1. The lowest BCUT2D eigenvalue weighted by atomic mass is 10.2. The molecule has 0 spiro atoms. The van der Waals surface area contributed by atoms with E-state index in [9.17, 15) is 0 Å². The molecular weight excluding hydrogens is 348 g/mol. The van der Waals surface area contributed by atoms with Gasteiger partial charge in [-0.25, -0.2) is 4.72 Å². The van der Waals surface area contributed by atoms with Crippen LogP contribution in [0.1, 0.15) is 12.8 Å². The molecule has 21 heavy (non-hydrogen) atoms. The quantitative estimate of drug-likeness (QED) is 0.794. The van der Waals surface area contributed by atoms with Gasteiger partial charge >= 0.3 is 0 Å². The van der Waals surface area contributed by atoms with Crippen molar-refractivity contribution in [3.8, 4) is 11.5 Å². The lowest BCUT2D eigenvalue weighted by molar-refractivity contribution is 0.480. The number of benzene rings is 2. The second-order valence-corrected chi connectivity index (χ2v) is 7.14. The Kier molecular flexibility index (Phi) is 3.57. The van der Waals surface area contributed by atoms with Crippen molar-refractivity contribution in [1.82, 2.24) is 4.72 Å². The second kappa shape index (κ2) is 5.55. The number of ether oxygens (including phenoxy) is 1. The van der Waals surface area contributed by atoms with Crippen LogP contribution in [-0.2, 0) is 0 Å². The van der Waals surface area contributed by atoms with Gasteiger partial charge in [-0.15, -0.1) is 0 Å². The number of nitrogens with one attached hydrogen (secondary N) is 1. The number of halogens is 1. The lowest BCUT2D eigenvalue weighted by Crippen LogP contribution is -2.36. The highest BCUT2D eigenvalue weighted by Gasteiger charge is 2.32. The fourth-order valence-corrected chi connectivity index (χ4v) is 3.72. The standard InChI is InChI=1S/C16H15BrN2OS/c17-11-2-1-3-13(8-11)20-14-6-7-15-16(9-14)21-18-10-19(15)12-4-5-12/h1-3,6-9,12,18H,4-5,10H2. The fourth-order valence-electron chi connectivity index (χ4n) is 2.52. The molecule has 1 aliphatic carbocycles. The third-order valence-corrected chi connectivity index (χ3v) is 4.99. The fraction of sp³-hybridized carbons (Fsp3) is 0.250. The van der Waals surface area contributed by atoms with Gasteiger partial charge in [-0.2, -0.15) is 0 Å². The maximum absolute atomic E-state index is 5.95. The predicted molar refractivity (Wildman–Crippen MR) is 90.0 cm³/mol. The Bertz CT molecular complexity index is 675. The Balaban J connectivity index is 1.60. The number of hydrogen-bond acceptors (Lipinski definition) is 4. The van der Waals surface area contributed by atoms with E-state index in [1.54, 1.807) is 11.9 Å². The molecule has 0 bridgehead atoms. The third-order valence-electron chi connectivity index (χ3n) is 3.68. The molecule has 2 aromatic rings. The minimum absolute atomic E-state index is 0.717. The highest BCUT2D eigenvalue weighted by atomic mass is 79.9. The largest absolute Gasteiger partial charge is 0.457 e. The van der Waals surface area contributed by atoms with Gasteiger partial charge in [0, 0.05) is 15.4 Å². The first-order valence-corrected chi connectivity index (χ1v) is 8.64. The molecule has 3 nitrogen and oxygen atoms in total. The Hall–Kier alpha value is -1.17. The summed E-state index contributed by atoms with van der Waals surface area (Å²) in [5, 5.41) is 0. The zero-order valence-electron chi connectivity index (χ0n) is 11.4. The Morgan fingerprint density at radius 3 is 2.81 bits per heavy atom. The first kappa shape index (κ1) is 13.5. The molecular formula is C16H15BrN2OS.